The molecule has 2 aromatic rings. The highest BCUT2D eigenvalue weighted by Crippen LogP contribution is 2.30. The molecule has 0 radical (unpaired) electrons. The zero-order valence-corrected chi connectivity index (χ0v) is 23.4. The first-order valence-electron chi connectivity index (χ1n) is 12.9. The average Bonchev–Trinajstić information content (AvgIpc) is 2.95. The molecule has 1 atom stereocenters. The molecule has 0 fully saturated rings. The van der Waals surface area contributed by atoms with Crippen LogP contribution < -0.4 is 18.9 Å². The van der Waals surface area contributed by atoms with Gasteiger partial charge in [-0.05, 0) is 54.7 Å². The minimum absolute atomic E-state index is 0.00291. The molecule has 10 heteroatoms. The van der Waals surface area contributed by atoms with Gasteiger partial charge in [-0.2, -0.15) is 0 Å². The molecule has 0 aliphatic heterocycles. The summed E-state index contributed by atoms with van der Waals surface area (Å²) < 4.78 is 42.5. The van der Waals surface area contributed by atoms with Crippen LogP contribution in [0, 0.1) is 0 Å². The zero-order chi connectivity index (χ0) is 28.3. The molecule has 2 rings (SSSR count). The summed E-state index contributed by atoms with van der Waals surface area (Å²) >= 11 is 0. The number of ether oxygens (including phenoxy) is 8. The van der Waals surface area contributed by atoms with E-state index in [9.17, 15) is 9.90 Å². The lowest BCUT2D eigenvalue weighted by atomic mass is 10.00. The molecule has 0 aliphatic rings. The quantitative estimate of drug-likeness (QED) is 0.172. The standard InChI is InChI=1S/C29H42O10/c1-32-13-15-36-20-38-26-11-7-22(17-28(26)34-3)5-9-24(30)19-25(31)10-6-23-8-12-27(29(18-23)35-4)39-21-37-16-14-33-2/h7-8,11-12,17-18,24,30H,5-6,9-10,13-16,19-21H2,1-4H3. The third-order valence-electron chi connectivity index (χ3n) is 5.84. The van der Waals surface area contributed by atoms with E-state index in [0.717, 1.165) is 11.1 Å². The predicted molar refractivity (Wildman–Crippen MR) is 145 cm³/mol. The molecule has 0 bridgehead atoms. The number of hydrogen-bond donors (Lipinski definition) is 1. The third kappa shape index (κ3) is 12.7. The highest BCUT2D eigenvalue weighted by molar-refractivity contribution is 5.79. The number of rotatable bonds is 22. The van der Waals surface area contributed by atoms with Crippen molar-refractivity contribution in [3.05, 3.63) is 47.5 Å². The number of methoxy groups -OCH3 is 4. The fourth-order valence-electron chi connectivity index (χ4n) is 3.67. The molecule has 1 unspecified atom stereocenters. The minimum Gasteiger partial charge on any atom is -0.493 e. The number of Topliss-reactive ketones (excluding diaryl/α,β-unsaturated/α-hetero) is 1. The molecule has 0 amide bonds. The van der Waals surface area contributed by atoms with Crippen LogP contribution in [0.1, 0.15) is 30.4 Å². The molecular formula is C29H42O10. The van der Waals surface area contributed by atoms with Gasteiger partial charge in [0.05, 0.1) is 46.8 Å². The molecule has 2 aromatic carbocycles. The van der Waals surface area contributed by atoms with Gasteiger partial charge in [0.1, 0.15) is 5.78 Å². The number of hydrogen-bond acceptors (Lipinski definition) is 10. The Morgan fingerprint density at radius 1 is 0.718 bits per heavy atom. The summed E-state index contributed by atoms with van der Waals surface area (Å²) in [6.45, 7) is 2.04. The molecule has 39 heavy (non-hydrogen) atoms. The lowest BCUT2D eigenvalue weighted by Crippen LogP contribution is -2.15. The Kier molecular flexibility index (Phi) is 15.9. The average molecular weight is 551 g/mol. The Bertz CT molecular complexity index is 965. The van der Waals surface area contributed by atoms with Crippen molar-refractivity contribution in [1.82, 2.24) is 0 Å². The summed E-state index contributed by atoms with van der Waals surface area (Å²) in [5.41, 5.74) is 1.92. The van der Waals surface area contributed by atoms with Crippen molar-refractivity contribution < 1.29 is 47.8 Å². The molecule has 0 spiro atoms. The van der Waals surface area contributed by atoms with E-state index in [0.29, 0.717) is 75.1 Å². The second-order valence-corrected chi connectivity index (χ2v) is 8.73. The van der Waals surface area contributed by atoms with Crippen LogP contribution in [-0.2, 0) is 36.6 Å². The molecule has 218 valence electrons. The van der Waals surface area contributed by atoms with E-state index >= 15 is 0 Å². The highest BCUT2D eigenvalue weighted by Gasteiger charge is 2.14. The van der Waals surface area contributed by atoms with Gasteiger partial charge in [0.2, 0.25) is 0 Å². The van der Waals surface area contributed by atoms with Gasteiger partial charge in [-0.1, -0.05) is 12.1 Å². The van der Waals surface area contributed by atoms with Gasteiger partial charge in [0, 0.05) is 27.1 Å². The van der Waals surface area contributed by atoms with Gasteiger partial charge < -0.3 is 43.0 Å². The first-order chi connectivity index (χ1) is 19.0. The number of carbonyl (C=O) groups is 1. The number of benzene rings is 2. The smallest absolute Gasteiger partial charge is 0.189 e. The zero-order valence-electron chi connectivity index (χ0n) is 23.4. The second kappa shape index (κ2) is 19.2. The van der Waals surface area contributed by atoms with Crippen LogP contribution in [0.3, 0.4) is 0 Å². The van der Waals surface area contributed by atoms with E-state index in [4.69, 9.17) is 37.9 Å². The molecule has 0 heterocycles. The number of aryl methyl sites for hydroxylation is 2. The van der Waals surface area contributed by atoms with Gasteiger partial charge in [0.15, 0.2) is 36.6 Å². The number of aliphatic hydroxyl groups excluding tert-OH is 1. The molecule has 0 aromatic heterocycles. The highest BCUT2D eigenvalue weighted by atomic mass is 16.7. The molecule has 1 N–H and O–H groups in total. The van der Waals surface area contributed by atoms with Gasteiger partial charge in [-0.3, -0.25) is 4.79 Å². The summed E-state index contributed by atoms with van der Waals surface area (Å²) in [5, 5.41) is 10.4. The third-order valence-corrected chi connectivity index (χ3v) is 5.84. The summed E-state index contributed by atoms with van der Waals surface area (Å²) in [7, 11) is 6.35. The van der Waals surface area contributed by atoms with Gasteiger partial charge in [-0.15, -0.1) is 0 Å². The van der Waals surface area contributed by atoms with Gasteiger partial charge in [-0.25, -0.2) is 0 Å². The predicted octanol–water partition coefficient (Wildman–Crippen LogP) is 3.59. The van der Waals surface area contributed by atoms with Crippen molar-refractivity contribution in [3.8, 4) is 23.0 Å². The number of aliphatic hydroxyl groups is 1. The van der Waals surface area contributed by atoms with Crippen molar-refractivity contribution in [2.45, 2.75) is 38.2 Å². The van der Waals surface area contributed by atoms with E-state index in [1.807, 2.05) is 30.3 Å². The van der Waals surface area contributed by atoms with Crippen molar-refractivity contribution in [2.75, 3.05) is 68.5 Å². The molecule has 0 saturated carbocycles. The fraction of sp³-hybridized carbons (Fsp3) is 0.552. The molecule has 0 aliphatic carbocycles. The van der Waals surface area contributed by atoms with Crippen molar-refractivity contribution in [2.24, 2.45) is 0 Å². The van der Waals surface area contributed by atoms with Crippen LogP contribution in [-0.4, -0.2) is 85.4 Å². The summed E-state index contributed by atoms with van der Waals surface area (Å²) in [5.74, 6) is 2.29. The Labute approximate surface area is 231 Å². The SMILES string of the molecule is COCCOCOc1ccc(CCC(=O)CC(O)CCc2ccc(OCOCCOC)c(OC)c2)cc1OC. The first-order valence-corrected chi connectivity index (χ1v) is 12.9. The van der Waals surface area contributed by atoms with E-state index in [2.05, 4.69) is 0 Å². The van der Waals surface area contributed by atoms with E-state index in [1.54, 1.807) is 34.5 Å². The van der Waals surface area contributed by atoms with Crippen LogP contribution in [0.5, 0.6) is 23.0 Å². The lowest BCUT2D eigenvalue weighted by molar-refractivity contribution is -0.121. The Morgan fingerprint density at radius 3 is 1.72 bits per heavy atom. The van der Waals surface area contributed by atoms with Crippen LogP contribution in [0.2, 0.25) is 0 Å². The van der Waals surface area contributed by atoms with E-state index < -0.39 is 6.10 Å². The monoisotopic (exact) mass is 550 g/mol. The first kappa shape index (κ1) is 32.3. The molecule has 10 nitrogen and oxygen atoms in total. The lowest BCUT2D eigenvalue weighted by Gasteiger charge is -2.14. The number of carbonyl (C=O) groups excluding carboxylic acids is 1. The van der Waals surface area contributed by atoms with E-state index in [1.165, 1.54) is 0 Å². The topological polar surface area (TPSA) is 111 Å². The summed E-state index contributed by atoms with van der Waals surface area (Å²) in [6.07, 6.45) is 1.31. The fourth-order valence-corrected chi connectivity index (χ4v) is 3.67. The maximum absolute atomic E-state index is 12.5. The minimum atomic E-state index is -0.725. The largest absolute Gasteiger partial charge is 0.493 e. The van der Waals surface area contributed by atoms with Crippen molar-refractivity contribution in [3.63, 3.8) is 0 Å². The summed E-state index contributed by atoms with van der Waals surface area (Å²) in [6, 6.07) is 11.1. The van der Waals surface area contributed by atoms with Gasteiger partial charge in [0.25, 0.3) is 0 Å². The summed E-state index contributed by atoms with van der Waals surface area (Å²) in [4.78, 5) is 12.5. The Hall–Kier alpha value is -2.89. The van der Waals surface area contributed by atoms with E-state index in [-0.39, 0.29) is 25.8 Å². The maximum Gasteiger partial charge on any atom is 0.189 e. The van der Waals surface area contributed by atoms with Crippen LogP contribution in [0.25, 0.3) is 0 Å². The van der Waals surface area contributed by atoms with Crippen molar-refractivity contribution in [1.29, 1.82) is 0 Å². The Balaban J connectivity index is 1.75. The number of ketones is 1. The Morgan fingerprint density at radius 2 is 1.23 bits per heavy atom. The normalized spacial score (nSPS) is 11.7. The maximum atomic E-state index is 12.5. The van der Waals surface area contributed by atoms with Gasteiger partial charge >= 0.3 is 0 Å². The van der Waals surface area contributed by atoms with Crippen LogP contribution in [0.15, 0.2) is 36.4 Å². The molecule has 0 saturated heterocycles. The second-order valence-electron chi connectivity index (χ2n) is 8.73. The molecular weight excluding hydrogens is 508 g/mol. The van der Waals surface area contributed by atoms with Crippen LogP contribution >= 0.6 is 0 Å². The van der Waals surface area contributed by atoms with Crippen molar-refractivity contribution >= 4 is 5.78 Å². The van der Waals surface area contributed by atoms with Crippen LogP contribution in [0.4, 0.5) is 0 Å².